The van der Waals surface area contributed by atoms with Crippen molar-refractivity contribution in [2.45, 2.75) is 4.90 Å². The van der Waals surface area contributed by atoms with Crippen LogP contribution in [0.25, 0.3) is 17.0 Å². The number of hydrogen-bond donors (Lipinski definition) is 1. The molecule has 0 aliphatic carbocycles. The topological polar surface area (TPSA) is 81.4 Å². The largest absolute Gasteiger partial charge is 0.475 e. The second-order valence-corrected chi connectivity index (χ2v) is 7.12. The number of halogens is 1. The molecular formula is C21H18FN5O2S. The first-order valence-corrected chi connectivity index (χ1v) is 10.4. The zero-order valence-electron chi connectivity index (χ0n) is 16.1. The summed E-state index contributed by atoms with van der Waals surface area (Å²) in [6.45, 7) is 0.577. The predicted molar refractivity (Wildman–Crippen MR) is 112 cm³/mol. The highest BCUT2D eigenvalue weighted by molar-refractivity contribution is 7.98. The van der Waals surface area contributed by atoms with E-state index in [2.05, 4.69) is 20.6 Å². The molecule has 0 saturated heterocycles. The molecule has 0 atom stereocenters. The van der Waals surface area contributed by atoms with Gasteiger partial charge in [-0.25, -0.2) is 4.39 Å². The summed E-state index contributed by atoms with van der Waals surface area (Å²) in [5.74, 6) is 0.373. The van der Waals surface area contributed by atoms with E-state index in [1.54, 1.807) is 30.3 Å². The summed E-state index contributed by atoms with van der Waals surface area (Å²) in [6.07, 6.45) is 1.93. The first kappa shape index (κ1) is 19.8. The van der Waals surface area contributed by atoms with E-state index in [1.807, 2.05) is 24.5 Å². The molecule has 0 fully saturated rings. The van der Waals surface area contributed by atoms with E-state index in [0.717, 1.165) is 4.90 Å². The zero-order chi connectivity index (χ0) is 20.9. The van der Waals surface area contributed by atoms with Crippen molar-refractivity contribution in [1.82, 2.24) is 25.1 Å². The molecule has 1 amide bonds. The Hall–Kier alpha value is -3.46. The molecule has 0 spiro atoms. The third-order valence-electron chi connectivity index (χ3n) is 4.33. The standard InChI is InChI=1S/C21H18FN5O2S/c1-30-17-5-3-2-4-16(17)21(28)23-12-13-29-19-11-10-18-24-25-20(27(18)26-19)14-6-8-15(22)9-7-14/h2-11H,12-13H2,1H3,(H,23,28). The van der Waals surface area contributed by atoms with Gasteiger partial charge in [0.1, 0.15) is 12.4 Å². The average molecular weight is 423 g/mol. The molecule has 0 aliphatic rings. The average Bonchev–Trinajstić information content (AvgIpc) is 3.20. The van der Waals surface area contributed by atoms with E-state index in [1.165, 1.54) is 28.4 Å². The maximum Gasteiger partial charge on any atom is 0.252 e. The van der Waals surface area contributed by atoms with Crippen LogP contribution in [0.1, 0.15) is 10.4 Å². The number of thioether (sulfide) groups is 1. The molecule has 9 heteroatoms. The predicted octanol–water partition coefficient (Wildman–Crippen LogP) is 3.46. The number of carbonyl (C=O) groups excluding carboxylic acids is 1. The minimum absolute atomic E-state index is 0.149. The maximum atomic E-state index is 13.2. The highest BCUT2D eigenvalue weighted by Gasteiger charge is 2.12. The van der Waals surface area contributed by atoms with Gasteiger partial charge in [-0.2, -0.15) is 4.52 Å². The van der Waals surface area contributed by atoms with Crippen molar-refractivity contribution in [2.75, 3.05) is 19.4 Å². The van der Waals surface area contributed by atoms with E-state index >= 15 is 0 Å². The van der Waals surface area contributed by atoms with Gasteiger partial charge in [0.25, 0.3) is 5.91 Å². The second kappa shape index (κ2) is 8.91. The van der Waals surface area contributed by atoms with Crippen molar-refractivity contribution < 1.29 is 13.9 Å². The van der Waals surface area contributed by atoms with Crippen molar-refractivity contribution in [1.29, 1.82) is 0 Å². The first-order valence-electron chi connectivity index (χ1n) is 9.18. The molecule has 0 radical (unpaired) electrons. The van der Waals surface area contributed by atoms with Crippen LogP contribution in [0, 0.1) is 5.82 Å². The van der Waals surface area contributed by atoms with Gasteiger partial charge in [-0.3, -0.25) is 4.79 Å². The SMILES string of the molecule is CSc1ccccc1C(=O)NCCOc1ccc2nnc(-c3ccc(F)cc3)n2n1. The molecular weight excluding hydrogens is 405 g/mol. The van der Waals surface area contributed by atoms with Gasteiger partial charge in [0.05, 0.1) is 12.1 Å². The monoisotopic (exact) mass is 423 g/mol. The number of aromatic nitrogens is 4. The summed E-state index contributed by atoms with van der Waals surface area (Å²) >= 11 is 1.52. The lowest BCUT2D eigenvalue weighted by molar-refractivity contribution is 0.0943. The van der Waals surface area contributed by atoms with Crippen LogP contribution in [-0.4, -0.2) is 45.1 Å². The Morgan fingerprint density at radius 3 is 2.70 bits per heavy atom. The van der Waals surface area contributed by atoms with Crippen LogP contribution < -0.4 is 10.1 Å². The summed E-state index contributed by atoms with van der Waals surface area (Å²) in [7, 11) is 0. The molecule has 0 saturated carbocycles. The number of benzene rings is 2. The number of amides is 1. The number of ether oxygens (including phenoxy) is 1. The first-order chi connectivity index (χ1) is 14.7. The Bertz CT molecular complexity index is 1180. The number of fused-ring (bicyclic) bond motifs is 1. The van der Waals surface area contributed by atoms with E-state index < -0.39 is 0 Å². The maximum absolute atomic E-state index is 13.2. The van der Waals surface area contributed by atoms with Crippen LogP contribution in [0.15, 0.2) is 65.6 Å². The lowest BCUT2D eigenvalue weighted by atomic mass is 10.2. The van der Waals surface area contributed by atoms with Crippen LogP contribution in [0.3, 0.4) is 0 Å². The molecule has 4 aromatic rings. The second-order valence-electron chi connectivity index (χ2n) is 6.28. The summed E-state index contributed by atoms with van der Waals surface area (Å²) in [4.78, 5) is 13.3. The van der Waals surface area contributed by atoms with Crippen molar-refractivity contribution in [3.05, 3.63) is 72.0 Å². The third kappa shape index (κ3) is 4.25. The van der Waals surface area contributed by atoms with Gasteiger partial charge in [0, 0.05) is 16.5 Å². The molecule has 0 bridgehead atoms. The third-order valence-corrected chi connectivity index (χ3v) is 5.13. The van der Waals surface area contributed by atoms with Gasteiger partial charge in [0.2, 0.25) is 5.88 Å². The molecule has 4 rings (SSSR count). The number of rotatable bonds is 7. The summed E-state index contributed by atoms with van der Waals surface area (Å²) < 4.78 is 20.4. The molecule has 2 heterocycles. The highest BCUT2D eigenvalue weighted by Crippen LogP contribution is 2.20. The molecule has 2 aromatic carbocycles. The Kier molecular flexibility index (Phi) is 5.89. The number of carbonyl (C=O) groups is 1. The lowest BCUT2D eigenvalue weighted by Gasteiger charge is -2.09. The van der Waals surface area contributed by atoms with Gasteiger partial charge in [0.15, 0.2) is 11.5 Å². The van der Waals surface area contributed by atoms with Crippen molar-refractivity contribution in [3.8, 4) is 17.3 Å². The molecule has 152 valence electrons. The fourth-order valence-electron chi connectivity index (χ4n) is 2.88. The van der Waals surface area contributed by atoms with Crippen LogP contribution in [0.2, 0.25) is 0 Å². The Morgan fingerprint density at radius 1 is 1.10 bits per heavy atom. The normalized spacial score (nSPS) is 10.9. The Morgan fingerprint density at radius 2 is 1.90 bits per heavy atom. The van der Waals surface area contributed by atoms with Gasteiger partial charge >= 0.3 is 0 Å². The van der Waals surface area contributed by atoms with Crippen LogP contribution in [-0.2, 0) is 0 Å². The molecule has 0 aliphatic heterocycles. The smallest absolute Gasteiger partial charge is 0.252 e. The lowest BCUT2D eigenvalue weighted by Crippen LogP contribution is -2.28. The minimum Gasteiger partial charge on any atom is -0.475 e. The molecule has 30 heavy (non-hydrogen) atoms. The van der Waals surface area contributed by atoms with Crippen molar-refractivity contribution in [3.63, 3.8) is 0 Å². The quantitative estimate of drug-likeness (QED) is 0.362. The molecule has 7 nitrogen and oxygen atoms in total. The fraction of sp³-hybridized carbons (Fsp3) is 0.143. The van der Waals surface area contributed by atoms with E-state index in [9.17, 15) is 9.18 Å². The van der Waals surface area contributed by atoms with Gasteiger partial charge < -0.3 is 10.1 Å². The molecule has 2 aromatic heterocycles. The summed E-state index contributed by atoms with van der Waals surface area (Å²) in [5, 5.41) is 15.4. The van der Waals surface area contributed by atoms with E-state index in [-0.39, 0.29) is 18.3 Å². The number of nitrogens with zero attached hydrogens (tertiary/aromatic N) is 4. The zero-order valence-corrected chi connectivity index (χ0v) is 16.9. The number of hydrogen-bond acceptors (Lipinski definition) is 6. The summed E-state index contributed by atoms with van der Waals surface area (Å²) in [6, 6.07) is 16.8. The number of nitrogens with one attached hydrogen (secondary N) is 1. The Balaban J connectivity index is 1.40. The van der Waals surface area contributed by atoms with Gasteiger partial charge in [-0.15, -0.1) is 27.1 Å². The molecule has 1 N–H and O–H groups in total. The molecule has 0 unspecified atom stereocenters. The van der Waals surface area contributed by atoms with Crippen LogP contribution in [0.5, 0.6) is 5.88 Å². The van der Waals surface area contributed by atoms with Crippen molar-refractivity contribution in [2.24, 2.45) is 0 Å². The van der Waals surface area contributed by atoms with Crippen LogP contribution >= 0.6 is 11.8 Å². The van der Waals surface area contributed by atoms with E-state index in [4.69, 9.17) is 4.74 Å². The Labute approximate surface area is 176 Å². The van der Waals surface area contributed by atoms with Gasteiger partial charge in [-0.1, -0.05) is 12.1 Å². The summed E-state index contributed by atoms with van der Waals surface area (Å²) in [5.41, 5.74) is 1.87. The minimum atomic E-state index is -0.327. The van der Waals surface area contributed by atoms with Crippen molar-refractivity contribution >= 4 is 23.3 Å². The van der Waals surface area contributed by atoms with E-state index in [0.29, 0.717) is 35.0 Å². The fourth-order valence-corrected chi connectivity index (χ4v) is 3.47. The van der Waals surface area contributed by atoms with Crippen LogP contribution in [0.4, 0.5) is 4.39 Å². The highest BCUT2D eigenvalue weighted by atomic mass is 32.2. The van der Waals surface area contributed by atoms with Gasteiger partial charge in [-0.05, 0) is 48.7 Å².